The van der Waals surface area contributed by atoms with Crippen molar-refractivity contribution in [2.75, 3.05) is 6.61 Å². The number of aliphatic carboxylic acids is 1. The number of carboxylic acids is 1. The monoisotopic (exact) mass is 310 g/mol. The van der Waals surface area contributed by atoms with Gasteiger partial charge in [0.2, 0.25) is 0 Å². The standard InChI is InChI=1S/C20H22O3/c1-2-3-7-13-23-18-12-8-9-16(14-18)15-19(20(21)22)17-10-5-4-6-11-17/h4-6,8-12,14-15H,2-3,7,13H2,1H3,(H,21,22)/b19-15-. The molecule has 0 saturated carbocycles. The van der Waals surface area contributed by atoms with Crippen molar-refractivity contribution in [2.45, 2.75) is 26.2 Å². The molecule has 0 amide bonds. The van der Waals surface area contributed by atoms with Crippen LogP contribution < -0.4 is 4.74 Å². The van der Waals surface area contributed by atoms with E-state index in [-0.39, 0.29) is 5.57 Å². The molecule has 0 bridgehead atoms. The molecule has 0 radical (unpaired) electrons. The first-order valence-electron chi connectivity index (χ1n) is 7.94. The number of hydrogen-bond acceptors (Lipinski definition) is 2. The molecule has 3 nitrogen and oxygen atoms in total. The Morgan fingerprint density at radius 2 is 1.87 bits per heavy atom. The Bertz CT molecular complexity index is 660. The minimum atomic E-state index is -0.939. The van der Waals surface area contributed by atoms with Crippen LogP contribution in [0.4, 0.5) is 0 Å². The molecule has 0 aliphatic heterocycles. The van der Waals surface area contributed by atoms with Gasteiger partial charge in [0.05, 0.1) is 12.2 Å². The van der Waals surface area contributed by atoms with Gasteiger partial charge in [-0.05, 0) is 35.8 Å². The fourth-order valence-corrected chi connectivity index (χ4v) is 2.29. The molecule has 0 aromatic heterocycles. The molecule has 2 aromatic carbocycles. The molecule has 2 aromatic rings. The Balaban J connectivity index is 2.18. The van der Waals surface area contributed by atoms with Crippen LogP contribution in [-0.2, 0) is 4.79 Å². The maximum absolute atomic E-state index is 11.5. The molecule has 2 rings (SSSR count). The number of unbranched alkanes of at least 4 members (excludes halogenated alkanes) is 2. The zero-order valence-corrected chi connectivity index (χ0v) is 13.4. The van der Waals surface area contributed by atoms with E-state index >= 15 is 0 Å². The summed E-state index contributed by atoms with van der Waals surface area (Å²) in [6.07, 6.45) is 5.01. The molecule has 0 aliphatic rings. The lowest BCUT2D eigenvalue weighted by Crippen LogP contribution is -2.00. The number of rotatable bonds is 8. The van der Waals surface area contributed by atoms with Crippen LogP contribution in [0.3, 0.4) is 0 Å². The molecule has 0 atom stereocenters. The average molecular weight is 310 g/mol. The second-order valence-electron chi connectivity index (χ2n) is 5.36. The number of ether oxygens (including phenoxy) is 1. The number of carboxylic acid groups (broad SMARTS) is 1. The Morgan fingerprint density at radius 1 is 1.09 bits per heavy atom. The number of carbonyl (C=O) groups is 1. The van der Waals surface area contributed by atoms with Gasteiger partial charge in [0.1, 0.15) is 5.75 Å². The van der Waals surface area contributed by atoms with Crippen LogP contribution in [0.25, 0.3) is 11.6 Å². The van der Waals surface area contributed by atoms with Crippen LogP contribution in [0.2, 0.25) is 0 Å². The molecule has 3 heteroatoms. The third-order valence-corrected chi connectivity index (χ3v) is 3.50. The van der Waals surface area contributed by atoms with Gasteiger partial charge >= 0.3 is 5.97 Å². The first kappa shape index (κ1) is 16.8. The zero-order chi connectivity index (χ0) is 16.5. The summed E-state index contributed by atoms with van der Waals surface area (Å²) < 4.78 is 5.72. The lowest BCUT2D eigenvalue weighted by Gasteiger charge is -2.07. The molecule has 0 aliphatic carbocycles. The SMILES string of the molecule is CCCCCOc1cccc(/C=C(\C(=O)O)c2ccccc2)c1. The number of benzene rings is 2. The molecule has 0 saturated heterocycles. The quantitative estimate of drug-likeness (QED) is 0.429. The third-order valence-electron chi connectivity index (χ3n) is 3.50. The van der Waals surface area contributed by atoms with Gasteiger partial charge in [0.15, 0.2) is 0 Å². The second kappa shape index (κ2) is 8.79. The summed E-state index contributed by atoms with van der Waals surface area (Å²) >= 11 is 0. The van der Waals surface area contributed by atoms with Gasteiger partial charge in [0.25, 0.3) is 0 Å². The van der Waals surface area contributed by atoms with Crippen molar-refractivity contribution >= 4 is 17.6 Å². The lowest BCUT2D eigenvalue weighted by molar-refractivity contribution is -0.130. The van der Waals surface area contributed by atoms with E-state index in [4.69, 9.17) is 4.74 Å². The molecule has 0 fully saturated rings. The van der Waals surface area contributed by atoms with E-state index in [9.17, 15) is 9.90 Å². The summed E-state index contributed by atoms with van der Waals surface area (Å²) in [5.74, 6) is -0.168. The molecular weight excluding hydrogens is 288 g/mol. The summed E-state index contributed by atoms with van der Waals surface area (Å²) in [6, 6.07) is 16.7. The smallest absolute Gasteiger partial charge is 0.336 e. The van der Waals surface area contributed by atoms with E-state index < -0.39 is 5.97 Å². The fourth-order valence-electron chi connectivity index (χ4n) is 2.29. The highest BCUT2D eigenvalue weighted by Crippen LogP contribution is 2.21. The first-order valence-corrected chi connectivity index (χ1v) is 7.94. The van der Waals surface area contributed by atoms with Gasteiger partial charge in [-0.2, -0.15) is 0 Å². The van der Waals surface area contributed by atoms with E-state index in [0.717, 1.165) is 30.6 Å². The van der Waals surface area contributed by atoms with Gasteiger partial charge in [-0.3, -0.25) is 0 Å². The molecule has 0 unspecified atom stereocenters. The molecule has 1 N–H and O–H groups in total. The van der Waals surface area contributed by atoms with Crippen LogP contribution in [-0.4, -0.2) is 17.7 Å². The Hall–Kier alpha value is -2.55. The molecular formula is C20H22O3. The van der Waals surface area contributed by atoms with Crippen molar-refractivity contribution in [1.82, 2.24) is 0 Å². The van der Waals surface area contributed by atoms with E-state index in [1.54, 1.807) is 18.2 Å². The van der Waals surface area contributed by atoms with E-state index in [0.29, 0.717) is 12.2 Å². The fraction of sp³-hybridized carbons (Fsp3) is 0.250. The highest BCUT2D eigenvalue weighted by Gasteiger charge is 2.10. The van der Waals surface area contributed by atoms with E-state index in [1.807, 2.05) is 42.5 Å². The Labute approximate surface area is 137 Å². The van der Waals surface area contributed by atoms with Crippen molar-refractivity contribution < 1.29 is 14.6 Å². The number of hydrogen-bond donors (Lipinski definition) is 1. The largest absolute Gasteiger partial charge is 0.494 e. The summed E-state index contributed by atoms with van der Waals surface area (Å²) in [6.45, 7) is 2.84. The van der Waals surface area contributed by atoms with Crippen LogP contribution in [0.15, 0.2) is 54.6 Å². The van der Waals surface area contributed by atoms with Crippen LogP contribution in [0.5, 0.6) is 5.75 Å². The van der Waals surface area contributed by atoms with Crippen LogP contribution in [0.1, 0.15) is 37.3 Å². The predicted molar refractivity (Wildman–Crippen MR) is 93.4 cm³/mol. The minimum Gasteiger partial charge on any atom is -0.494 e. The maximum atomic E-state index is 11.5. The summed E-state index contributed by atoms with van der Waals surface area (Å²) in [4.78, 5) is 11.5. The van der Waals surface area contributed by atoms with Gasteiger partial charge in [-0.15, -0.1) is 0 Å². The minimum absolute atomic E-state index is 0.272. The van der Waals surface area contributed by atoms with Gasteiger partial charge in [0, 0.05) is 0 Å². The topological polar surface area (TPSA) is 46.5 Å². The second-order valence-corrected chi connectivity index (χ2v) is 5.36. The third kappa shape index (κ3) is 5.29. The average Bonchev–Trinajstić information content (AvgIpc) is 2.57. The van der Waals surface area contributed by atoms with E-state index in [2.05, 4.69) is 6.92 Å². The van der Waals surface area contributed by atoms with Crippen LogP contribution >= 0.6 is 0 Å². The normalized spacial score (nSPS) is 11.3. The lowest BCUT2D eigenvalue weighted by atomic mass is 10.0. The highest BCUT2D eigenvalue weighted by atomic mass is 16.5. The Kier molecular flexibility index (Phi) is 6.42. The summed E-state index contributed by atoms with van der Waals surface area (Å²) in [7, 11) is 0. The molecule has 120 valence electrons. The highest BCUT2D eigenvalue weighted by molar-refractivity contribution is 6.20. The maximum Gasteiger partial charge on any atom is 0.336 e. The van der Waals surface area contributed by atoms with Crippen molar-refractivity contribution in [3.63, 3.8) is 0 Å². The van der Waals surface area contributed by atoms with Crippen molar-refractivity contribution in [2.24, 2.45) is 0 Å². The first-order chi connectivity index (χ1) is 11.2. The van der Waals surface area contributed by atoms with Crippen LogP contribution in [0, 0.1) is 0 Å². The van der Waals surface area contributed by atoms with Crippen molar-refractivity contribution in [3.8, 4) is 5.75 Å². The molecule has 0 heterocycles. The molecule has 0 spiro atoms. The van der Waals surface area contributed by atoms with Crippen molar-refractivity contribution in [3.05, 3.63) is 65.7 Å². The van der Waals surface area contributed by atoms with E-state index in [1.165, 1.54) is 0 Å². The van der Waals surface area contributed by atoms with Gasteiger partial charge in [-0.25, -0.2) is 4.79 Å². The summed E-state index contributed by atoms with van der Waals surface area (Å²) in [5.41, 5.74) is 1.78. The molecule has 23 heavy (non-hydrogen) atoms. The van der Waals surface area contributed by atoms with Gasteiger partial charge in [-0.1, -0.05) is 62.2 Å². The van der Waals surface area contributed by atoms with Gasteiger partial charge < -0.3 is 9.84 Å². The zero-order valence-electron chi connectivity index (χ0n) is 13.4. The summed E-state index contributed by atoms with van der Waals surface area (Å²) in [5, 5.41) is 9.46. The predicted octanol–water partition coefficient (Wildman–Crippen LogP) is 4.88. The Morgan fingerprint density at radius 3 is 2.57 bits per heavy atom. The van der Waals surface area contributed by atoms with Crippen molar-refractivity contribution in [1.29, 1.82) is 0 Å².